The fraction of sp³-hybridized carbons (Fsp3) is 0.643. The van der Waals surface area contributed by atoms with Gasteiger partial charge in [0.25, 0.3) is 0 Å². The van der Waals surface area contributed by atoms with Gasteiger partial charge < -0.3 is 9.88 Å². The van der Waals surface area contributed by atoms with Gasteiger partial charge >= 0.3 is 0 Å². The minimum absolute atomic E-state index is 0. The van der Waals surface area contributed by atoms with Crippen LogP contribution in [0.5, 0.6) is 0 Å². The highest BCUT2D eigenvalue weighted by Gasteiger charge is 2.21. The lowest BCUT2D eigenvalue weighted by Gasteiger charge is -2.21. The second-order valence-electron chi connectivity index (χ2n) is 5.38. The first-order valence-electron chi connectivity index (χ1n) is 7.53. The zero-order valence-electron chi connectivity index (χ0n) is 13.0. The molecule has 6 nitrogen and oxygen atoms in total. The number of hydrogen-bond acceptors (Lipinski definition) is 5. The van der Waals surface area contributed by atoms with E-state index in [2.05, 4.69) is 45.2 Å². The largest absolute Gasteiger partial charge is 0.317 e. The first-order chi connectivity index (χ1) is 10.3. The number of aromatic nitrogens is 5. The standard InChI is InChI=1S/C14H22N6S.ClH/c1-3-20-9-6-12(18-20)10-21-14-17-16-13(19(14)2)11-4-7-15-8-5-11;/h6,9,11,15H,3-5,7-8,10H2,1-2H3;1H. The van der Waals surface area contributed by atoms with Crippen molar-refractivity contribution in [3.63, 3.8) is 0 Å². The van der Waals surface area contributed by atoms with E-state index in [1.165, 1.54) is 0 Å². The summed E-state index contributed by atoms with van der Waals surface area (Å²) in [4.78, 5) is 0. The van der Waals surface area contributed by atoms with Crippen LogP contribution in [0.25, 0.3) is 0 Å². The van der Waals surface area contributed by atoms with Gasteiger partial charge in [0.2, 0.25) is 0 Å². The van der Waals surface area contributed by atoms with E-state index in [0.717, 1.165) is 54.9 Å². The summed E-state index contributed by atoms with van der Waals surface area (Å²) in [6, 6.07) is 2.07. The normalized spacial score (nSPS) is 15.7. The maximum absolute atomic E-state index is 4.50. The lowest BCUT2D eigenvalue weighted by molar-refractivity contribution is 0.434. The fourth-order valence-electron chi connectivity index (χ4n) is 2.68. The van der Waals surface area contributed by atoms with Crippen LogP contribution in [-0.2, 0) is 19.3 Å². The lowest BCUT2D eigenvalue weighted by Crippen LogP contribution is -2.27. The summed E-state index contributed by atoms with van der Waals surface area (Å²) in [6.07, 6.45) is 4.32. The van der Waals surface area contributed by atoms with Crippen LogP contribution in [0, 0.1) is 0 Å². The molecule has 2 aromatic heterocycles. The molecule has 0 atom stereocenters. The van der Waals surface area contributed by atoms with E-state index in [9.17, 15) is 0 Å². The van der Waals surface area contributed by atoms with Crippen LogP contribution < -0.4 is 5.32 Å². The Morgan fingerprint density at radius 3 is 2.77 bits per heavy atom. The zero-order chi connectivity index (χ0) is 14.7. The third-order valence-corrected chi connectivity index (χ3v) is 5.00. The van der Waals surface area contributed by atoms with Crippen molar-refractivity contribution in [2.75, 3.05) is 13.1 Å². The summed E-state index contributed by atoms with van der Waals surface area (Å²) in [7, 11) is 2.07. The molecule has 122 valence electrons. The Balaban J connectivity index is 0.00000176. The van der Waals surface area contributed by atoms with Gasteiger partial charge in [-0.25, -0.2) is 0 Å². The van der Waals surface area contributed by atoms with Gasteiger partial charge in [0.1, 0.15) is 5.82 Å². The Kier molecular flexibility index (Phi) is 6.28. The van der Waals surface area contributed by atoms with Crippen molar-refractivity contribution in [1.82, 2.24) is 29.9 Å². The molecule has 0 unspecified atom stereocenters. The van der Waals surface area contributed by atoms with Crippen LogP contribution in [0.1, 0.15) is 37.2 Å². The van der Waals surface area contributed by atoms with E-state index < -0.39 is 0 Å². The Morgan fingerprint density at radius 2 is 2.09 bits per heavy atom. The molecular weight excluding hydrogens is 320 g/mol. The molecule has 1 aliphatic rings. The molecular formula is C14H23ClN6S. The maximum Gasteiger partial charge on any atom is 0.191 e. The second kappa shape index (κ2) is 7.99. The van der Waals surface area contributed by atoms with Crippen LogP contribution in [0.3, 0.4) is 0 Å². The maximum atomic E-state index is 4.50. The molecule has 3 heterocycles. The van der Waals surface area contributed by atoms with E-state index in [4.69, 9.17) is 0 Å². The van der Waals surface area contributed by atoms with Gasteiger partial charge in [-0.2, -0.15) is 5.10 Å². The summed E-state index contributed by atoms with van der Waals surface area (Å²) < 4.78 is 4.10. The van der Waals surface area contributed by atoms with Crippen LogP contribution in [-0.4, -0.2) is 37.6 Å². The molecule has 3 rings (SSSR count). The minimum atomic E-state index is 0. The van der Waals surface area contributed by atoms with Gasteiger partial charge in [-0.15, -0.1) is 22.6 Å². The highest BCUT2D eigenvalue weighted by Crippen LogP contribution is 2.27. The monoisotopic (exact) mass is 342 g/mol. The van der Waals surface area contributed by atoms with E-state index in [1.807, 2.05) is 10.9 Å². The third-order valence-electron chi connectivity index (χ3n) is 3.94. The summed E-state index contributed by atoms with van der Waals surface area (Å²) in [5.41, 5.74) is 1.09. The first-order valence-corrected chi connectivity index (χ1v) is 8.51. The van der Waals surface area contributed by atoms with Crippen molar-refractivity contribution >= 4 is 24.2 Å². The highest BCUT2D eigenvalue weighted by molar-refractivity contribution is 7.98. The Bertz CT molecular complexity index is 590. The summed E-state index contributed by atoms with van der Waals surface area (Å²) in [5.74, 6) is 2.50. The molecule has 0 saturated carbocycles. The van der Waals surface area contributed by atoms with Gasteiger partial charge in [-0.05, 0) is 38.9 Å². The topological polar surface area (TPSA) is 60.6 Å². The average molecular weight is 343 g/mol. The number of halogens is 1. The van der Waals surface area contributed by atoms with Gasteiger partial charge in [-0.3, -0.25) is 4.68 Å². The van der Waals surface area contributed by atoms with Crippen LogP contribution in [0.15, 0.2) is 17.4 Å². The van der Waals surface area contributed by atoms with E-state index >= 15 is 0 Å². The van der Waals surface area contributed by atoms with Crippen LogP contribution in [0.2, 0.25) is 0 Å². The third kappa shape index (κ3) is 3.83. The van der Waals surface area contributed by atoms with Crippen molar-refractivity contribution in [1.29, 1.82) is 0 Å². The molecule has 0 radical (unpaired) electrons. The predicted octanol–water partition coefficient (Wildman–Crippen LogP) is 2.21. The van der Waals surface area contributed by atoms with Crippen molar-refractivity contribution in [3.8, 4) is 0 Å². The summed E-state index contributed by atoms with van der Waals surface area (Å²) in [5, 5.41) is 17.6. The van der Waals surface area contributed by atoms with Crippen LogP contribution in [0.4, 0.5) is 0 Å². The van der Waals surface area contributed by atoms with E-state index in [1.54, 1.807) is 11.8 Å². The predicted molar refractivity (Wildman–Crippen MR) is 90.6 cm³/mol. The number of piperidine rings is 1. The molecule has 0 spiro atoms. The molecule has 1 fully saturated rings. The van der Waals surface area contributed by atoms with Crippen molar-refractivity contribution in [2.24, 2.45) is 7.05 Å². The van der Waals surface area contributed by atoms with Crippen molar-refractivity contribution in [2.45, 2.75) is 43.1 Å². The van der Waals surface area contributed by atoms with Crippen molar-refractivity contribution < 1.29 is 0 Å². The molecule has 8 heteroatoms. The number of rotatable bonds is 5. The highest BCUT2D eigenvalue weighted by atomic mass is 35.5. The fourth-order valence-corrected chi connectivity index (χ4v) is 3.50. The van der Waals surface area contributed by atoms with E-state index in [0.29, 0.717) is 5.92 Å². The Morgan fingerprint density at radius 1 is 1.32 bits per heavy atom. The molecule has 1 N–H and O–H groups in total. The minimum Gasteiger partial charge on any atom is -0.317 e. The Labute approximate surface area is 141 Å². The number of aryl methyl sites for hydroxylation is 1. The first kappa shape index (κ1) is 17.3. The molecule has 0 amide bonds. The van der Waals surface area contributed by atoms with Crippen LogP contribution >= 0.6 is 24.2 Å². The SMILES string of the molecule is CCn1ccc(CSc2nnc(C3CCNCC3)n2C)n1.Cl. The van der Waals surface area contributed by atoms with Gasteiger partial charge in [0.15, 0.2) is 5.16 Å². The number of nitrogens with one attached hydrogen (secondary N) is 1. The molecule has 22 heavy (non-hydrogen) atoms. The number of hydrogen-bond donors (Lipinski definition) is 1. The number of nitrogens with zero attached hydrogens (tertiary/aromatic N) is 5. The molecule has 0 aromatic carbocycles. The molecule has 0 bridgehead atoms. The molecule has 1 saturated heterocycles. The van der Waals surface area contributed by atoms with Gasteiger partial charge in [0.05, 0.1) is 5.69 Å². The molecule has 0 aliphatic carbocycles. The van der Waals surface area contributed by atoms with Crippen molar-refractivity contribution in [3.05, 3.63) is 23.8 Å². The second-order valence-corrected chi connectivity index (χ2v) is 6.32. The summed E-state index contributed by atoms with van der Waals surface area (Å²) in [6.45, 7) is 5.16. The Hall–Kier alpha value is -1.05. The molecule has 1 aliphatic heterocycles. The smallest absolute Gasteiger partial charge is 0.191 e. The zero-order valence-corrected chi connectivity index (χ0v) is 14.7. The lowest BCUT2D eigenvalue weighted by atomic mass is 9.97. The van der Waals surface area contributed by atoms with Gasteiger partial charge in [-0.1, -0.05) is 11.8 Å². The molecule has 2 aromatic rings. The number of thioether (sulfide) groups is 1. The van der Waals surface area contributed by atoms with Gasteiger partial charge in [0, 0.05) is 31.5 Å². The van der Waals surface area contributed by atoms with E-state index in [-0.39, 0.29) is 12.4 Å². The average Bonchev–Trinajstić information content (AvgIpc) is 3.13. The quantitative estimate of drug-likeness (QED) is 0.844. The summed E-state index contributed by atoms with van der Waals surface area (Å²) >= 11 is 1.71.